The Balaban J connectivity index is 1.63. The molecule has 0 saturated heterocycles. The molecule has 0 unspecified atom stereocenters. The molecule has 0 atom stereocenters. The minimum Gasteiger partial charge on any atom is -0.493 e. The normalized spacial score (nSPS) is 10.8. The van der Waals surface area contributed by atoms with Crippen LogP contribution in [0.15, 0.2) is 47.0 Å². The van der Waals surface area contributed by atoms with Crippen molar-refractivity contribution in [3.8, 4) is 28.7 Å². The monoisotopic (exact) mass is 422 g/mol. The quantitative estimate of drug-likeness (QED) is 0.485. The van der Waals surface area contributed by atoms with E-state index in [4.69, 9.17) is 18.6 Å². The van der Waals surface area contributed by atoms with Gasteiger partial charge in [0, 0.05) is 41.8 Å². The number of carbonyl (C=O) groups is 1. The Morgan fingerprint density at radius 2 is 1.77 bits per heavy atom. The summed E-state index contributed by atoms with van der Waals surface area (Å²) in [6, 6.07) is 11.1. The van der Waals surface area contributed by atoms with Gasteiger partial charge in [-0.2, -0.15) is 0 Å². The average molecular weight is 422 g/mol. The third kappa shape index (κ3) is 3.89. The Hall–Kier alpha value is -4.01. The molecule has 1 amide bonds. The molecule has 0 aliphatic rings. The van der Waals surface area contributed by atoms with E-state index in [0.717, 1.165) is 16.5 Å². The number of anilines is 1. The van der Waals surface area contributed by atoms with Gasteiger partial charge in [0.15, 0.2) is 11.5 Å². The molecule has 0 aliphatic heterocycles. The van der Waals surface area contributed by atoms with E-state index in [-0.39, 0.29) is 12.5 Å². The first-order valence-electron chi connectivity index (χ1n) is 9.52. The summed E-state index contributed by atoms with van der Waals surface area (Å²) in [5.74, 6) is 2.04. The van der Waals surface area contributed by atoms with Crippen LogP contribution in [0.3, 0.4) is 0 Å². The van der Waals surface area contributed by atoms with Crippen LogP contribution in [-0.4, -0.2) is 42.0 Å². The molecular formula is C22H22N4O5. The molecule has 0 aliphatic carbocycles. The molecule has 0 radical (unpaired) electrons. The van der Waals surface area contributed by atoms with Gasteiger partial charge in [-0.05, 0) is 6.07 Å². The number of aromatic nitrogens is 3. The molecule has 1 N–H and O–H groups in total. The highest BCUT2D eigenvalue weighted by atomic mass is 16.5. The molecule has 9 heteroatoms. The van der Waals surface area contributed by atoms with Crippen LogP contribution in [0.25, 0.3) is 22.4 Å². The molecule has 2 aromatic heterocycles. The molecule has 0 saturated carbocycles. The highest BCUT2D eigenvalue weighted by molar-refractivity contribution is 5.97. The maximum Gasteiger partial charge on any atom is 0.249 e. The third-order valence-electron chi connectivity index (χ3n) is 4.81. The topological polar surface area (TPSA) is 101 Å². The zero-order chi connectivity index (χ0) is 22.0. The molecule has 0 bridgehead atoms. The second kappa shape index (κ2) is 8.39. The number of hydrogen-bond acceptors (Lipinski definition) is 7. The first-order valence-corrected chi connectivity index (χ1v) is 9.52. The summed E-state index contributed by atoms with van der Waals surface area (Å²) in [7, 11) is 4.57. The van der Waals surface area contributed by atoms with Crippen LogP contribution in [0.1, 0.15) is 5.89 Å². The van der Waals surface area contributed by atoms with Gasteiger partial charge in [-0.1, -0.05) is 18.2 Å². The maximum absolute atomic E-state index is 12.8. The summed E-state index contributed by atoms with van der Waals surface area (Å²) in [5, 5.41) is 11.8. The lowest BCUT2D eigenvalue weighted by atomic mass is 10.2. The predicted octanol–water partition coefficient (Wildman–Crippen LogP) is 3.66. The van der Waals surface area contributed by atoms with Crippen LogP contribution in [0, 0.1) is 6.92 Å². The van der Waals surface area contributed by atoms with Gasteiger partial charge < -0.3 is 28.5 Å². The van der Waals surface area contributed by atoms with E-state index >= 15 is 0 Å². The number of aryl methyl sites for hydroxylation is 1. The average Bonchev–Trinajstić information content (AvgIpc) is 3.36. The summed E-state index contributed by atoms with van der Waals surface area (Å²) in [6.45, 7) is 1.82. The second-order valence-electron chi connectivity index (χ2n) is 6.78. The highest BCUT2D eigenvalue weighted by Crippen LogP contribution is 2.40. The van der Waals surface area contributed by atoms with Gasteiger partial charge in [0.1, 0.15) is 6.54 Å². The summed E-state index contributed by atoms with van der Waals surface area (Å²) in [5.41, 5.74) is 2.19. The van der Waals surface area contributed by atoms with Crippen molar-refractivity contribution in [3.63, 3.8) is 0 Å². The maximum atomic E-state index is 12.8. The van der Waals surface area contributed by atoms with Crippen LogP contribution in [0.4, 0.5) is 5.69 Å². The molecule has 2 aromatic carbocycles. The fourth-order valence-corrected chi connectivity index (χ4v) is 3.46. The van der Waals surface area contributed by atoms with Crippen molar-refractivity contribution in [2.24, 2.45) is 0 Å². The van der Waals surface area contributed by atoms with Crippen molar-refractivity contribution in [1.29, 1.82) is 0 Å². The molecule has 4 aromatic rings. The number of benzene rings is 2. The number of rotatable bonds is 7. The Bertz CT molecular complexity index is 1220. The predicted molar refractivity (Wildman–Crippen MR) is 115 cm³/mol. The molecular weight excluding hydrogens is 400 g/mol. The zero-order valence-corrected chi connectivity index (χ0v) is 17.6. The van der Waals surface area contributed by atoms with Gasteiger partial charge in [0.05, 0.1) is 26.9 Å². The zero-order valence-electron chi connectivity index (χ0n) is 17.6. The lowest BCUT2D eigenvalue weighted by Crippen LogP contribution is -2.18. The lowest BCUT2D eigenvalue weighted by molar-refractivity contribution is -0.116. The summed E-state index contributed by atoms with van der Waals surface area (Å²) in [4.78, 5) is 12.8. The number of carbonyl (C=O) groups excluding carboxylic acids is 1. The number of hydrogen-bond donors (Lipinski definition) is 1. The molecule has 9 nitrogen and oxygen atoms in total. The number of fused-ring (bicyclic) bond motifs is 1. The first kappa shape index (κ1) is 20.3. The van der Waals surface area contributed by atoms with Crippen molar-refractivity contribution in [2.45, 2.75) is 13.5 Å². The summed E-state index contributed by atoms with van der Waals surface area (Å²) < 4.78 is 23.4. The minimum atomic E-state index is -0.219. The standard InChI is InChI=1S/C22H22N4O5/c1-13-24-25-22(31-13)16-11-26(17-8-6-5-7-15(16)17)12-20(27)23-14-9-18(28-2)21(30-4)19(10-14)29-3/h5-11H,12H2,1-4H3,(H,23,27). The van der Waals surface area contributed by atoms with Crippen LogP contribution < -0.4 is 19.5 Å². The molecule has 2 heterocycles. The van der Waals surface area contributed by atoms with E-state index in [0.29, 0.717) is 34.7 Å². The Kier molecular flexibility index (Phi) is 5.48. The minimum absolute atomic E-state index is 0.0876. The van der Waals surface area contributed by atoms with E-state index in [1.807, 2.05) is 35.0 Å². The number of nitrogens with zero attached hydrogens (tertiary/aromatic N) is 3. The molecule has 4 rings (SSSR count). The molecule has 0 fully saturated rings. The number of nitrogens with one attached hydrogen (secondary N) is 1. The largest absolute Gasteiger partial charge is 0.493 e. The van der Waals surface area contributed by atoms with Gasteiger partial charge in [-0.15, -0.1) is 10.2 Å². The van der Waals surface area contributed by atoms with E-state index in [1.54, 1.807) is 19.1 Å². The molecule has 31 heavy (non-hydrogen) atoms. The van der Waals surface area contributed by atoms with Crippen molar-refractivity contribution < 1.29 is 23.4 Å². The number of ether oxygens (including phenoxy) is 3. The van der Waals surface area contributed by atoms with Crippen LogP contribution in [0.2, 0.25) is 0 Å². The van der Waals surface area contributed by atoms with E-state index in [9.17, 15) is 4.79 Å². The summed E-state index contributed by atoms with van der Waals surface area (Å²) in [6.07, 6.45) is 1.84. The van der Waals surface area contributed by atoms with Crippen LogP contribution >= 0.6 is 0 Å². The van der Waals surface area contributed by atoms with Crippen LogP contribution in [0.5, 0.6) is 17.2 Å². The molecule has 160 valence electrons. The Morgan fingerprint density at radius 1 is 1.06 bits per heavy atom. The first-order chi connectivity index (χ1) is 15.0. The van der Waals surface area contributed by atoms with Crippen molar-refractivity contribution in [1.82, 2.24) is 14.8 Å². The van der Waals surface area contributed by atoms with Gasteiger partial charge in [-0.25, -0.2) is 0 Å². The summed E-state index contributed by atoms with van der Waals surface area (Å²) >= 11 is 0. The highest BCUT2D eigenvalue weighted by Gasteiger charge is 2.18. The van der Waals surface area contributed by atoms with Crippen molar-refractivity contribution in [2.75, 3.05) is 26.6 Å². The second-order valence-corrected chi connectivity index (χ2v) is 6.78. The Labute approximate surface area is 178 Å². The SMILES string of the molecule is COc1cc(NC(=O)Cn2cc(-c3nnc(C)o3)c3ccccc32)cc(OC)c1OC. The van der Waals surface area contributed by atoms with Gasteiger partial charge in [0.25, 0.3) is 0 Å². The van der Waals surface area contributed by atoms with Gasteiger partial charge >= 0.3 is 0 Å². The Morgan fingerprint density at radius 3 is 2.39 bits per heavy atom. The smallest absolute Gasteiger partial charge is 0.249 e. The molecule has 0 spiro atoms. The van der Waals surface area contributed by atoms with Crippen LogP contribution in [-0.2, 0) is 11.3 Å². The third-order valence-corrected chi connectivity index (χ3v) is 4.81. The number of methoxy groups -OCH3 is 3. The van der Waals surface area contributed by atoms with Crippen molar-refractivity contribution >= 4 is 22.5 Å². The van der Waals surface area contributed by atoms with Crippen molar-refractivity contribution in [3.05, 3.63) is 48.5 Å². The van der Waals surface area contributed by atoms with E-state index < -0.39 is 0 Å². The number of amides is 1. The lowest BCUT2D eigenvalue weighted by Gasteiger charge is -2.15. The number of para-hydroxylation sites is 1. The fraction of sp³-hybridized carbons (Fsp3) is 0.227. The van der Waals surface area contributed by atoms with Gasteiger partial charge in [0.2, 0.25) is 23.4 Å². The van der Waals surface area contributed by atoms with Gasteiger partial charge in [-0.3, -0.25) is 4.79 Å². The van der Waals surface area contributed by atoms with E-state index in [2.05, 4.69) is 15.5 Å². The fourth-order valence-electron chi connectivity index (χ4n) is 3.46. The van der Waals surface area contributed by atoms with E-state index in [1.165, 1.54) is 21.3 Å².